The van der Waals surface area contributed by atoms with Gasteiger partial charge in [0.15, 0.2) is 16.7 Å². The Labute approximate surface area is 210 Å². The first-order valence-corrected chi connectivity index (χ1v) is 11.7. The van der Waals surface area contributed by atoms with E-state index in [1.807, 2.05) is 24.3 Å². The number of nitrogens with one attached hydrogen (secondary N) is 1. The third-order valence-electron chi connectivity index (χ3n) is 4.57. The van der Waals surface area contributed by atoms with Gasteiger partial charge in [0.05, 0.1) is 27.7 Å². The third kappa shape index (κ3) is 5.84. The van der Waals surface area contributed by atoms with Crippen LogP contribution in [0, 0.1) is 0 Å². The van der Waals surface area contributed by atoms with Gasteiger partial charge in [-0.2, -0.15) is 0 Å². The molecular formula is C24H17Cl3N2O3S. The van der Waals surface area contributed by atoms with Crippen molar-refractivity contribution in [3.8, 4) is 11.5 Å². The van der Waals surface area contributed by atoms with Crippen molar-refractivity contribution in [1.29, 1.82) is 0 Å². The van der Waals surface area contributed by atoms with Gasteiger partial charge >= 0.3 is 0 Å². The number of para-hydroxylation sites is 1. The van der Waals surface area contributed by atoms with Crippen LogP contribution in [-0.2, 0) is 11.4 Å². The number of methoxy groups -OCH3 is 1. The van der Waals surface area contributed by atoms with E-state index in [1.54, 1.807) is 42.5 Å². The molecule has 1 saturated heterocycles. The normalized spacial score (nSPS) is 15.7. The molecule has 0 aromatic heterocycles. The fourth-order valence-corrected chi connectivity index (χ4v) is 4.40. The molecule has 1 amide bonds. The van der Waals surface area contributed by atoms with Gasteiger partial charge in [-0.05, 0) is 65.4 Å². The van der Waals surface area contributed by atoms with Crippen LogP contribution >= 0.6 is 46.6 Å². The number of ether oxygens (including phenoxy) is 2. The first kappa shape index (κ1) is 23.5. The summed E-state index contributed by atoms with van der Waals surface area (Å²) in [5.74, 6) is 0.612. The van der Waals surface area contributed by atoms with Crippen LogP contribution in [0.3, 0.4) is 0 Å². The highest BCUT2D eigenvalue weighted by Crippen LogP contribution is 2.39. The van der Waals surface area contributed by atoms with E-state index in [0.717, 1.165) is 5.56 Å². The Bertz CT molecular complexity index is 1260. The standard InChI is InChI=1S/C24H17Cl3N2O3S/c1-31-20-11-15(10-18(27)22(20)32-13-14-6-8-16(25)9-7-14)12-21-23(30)29-24(33-21)28-19-5-3-2-4-17(19)26/h2-12H,13H2,1H3,(H,28,29,30)/b21-12-. The molecule has 1 heterocycles. The van der Waals surface area contributed by atoms with Gasteiger partial charge in [-0.25, -0.2) is 4.99 Å². The van der Waals surface area contributed by atoms with E-state index < -0.39 is 0 Å². The van der Waals surface area contributed by atoms with E-state index in [1.165, 1.54) is 18.9 Å². The summed E-state index contributed by atoms with van der Waals surface area (Å²) in [6, 6.07) is 18.0. The Morgan fingerprint density at radius 2 is 1.79 bits per heavy atom. The second-order valence-electron chi connectivity index (χ2n) is 6.88. The molecule has 3 aromatic rings. The smallest absolute Gasteiger partial charge is 0.264 e. The summed E-state index contributed by atoms with van der Waals surface area (Å²) in [5, 5.41) is 4.71. The van der Waals surface area contributed by atoms with Crippen LogP contribution in [0.4, 0.5) is 5.69 Å². The summed E-state index contributed by atoms with van der Waals surface area (Å²) in [4.78, 5) is 17.3. The second-order valence-corrected chi connectivity index (χ2v) is 9.16. The molecule has 0 unspecified atom stereocenters. The monoisotopic (exact) mass is 518 g/mol. The predicted molar refractivity (Wildman–Crippen MR) is 136 cm³/mol. The Kier molecular flexibility index (Phi) is 7.50. The predicted octanol–water partition coefficient (Wildman–Crippen LogP) is 7.13. The minimum atomic E-state index is -0.260. The Morgan fingerprint density at radius 3 is 2.52 bits per heavy atom. The number of rotatable bonds is 6. The average molecular weight is 520 g/mol. The van der Waals surface area contributed by atoms with Crippen molar-refractivity contribution in [3.05, 3.63) is 91.8 Å². The summed E-state index contributed by atoms with van der Waals surface area (Å²) in [5.41, 5.74) is 2.20. The lowest BCUT2D eigenvalue weighted by Crippen LogP contribution is -2.19. The molecule has 168 valence electrons. The number of carbonyl (C=O) groups excluding carboxylic acids is 1. The molecule has 1 aliphatic heterocycles. The summed E-state index contributed by atoms with van der Waals surface area (Å²) < 4.78 is 11.4. The minimum Gasteiger partial charge on any atom is -0.493 e. The van der Waals surface area contributed by atoms with E-state index in [9.17, 15) is 4.79 Å². The highest BCUT2D eigenvalue weighted by Gasteiger charge is 2.24. The Hall–Kier alpha value is -2.64. The van der Waals surface area contributed by atoms with Crippen LogP contribution in [0.2, 0.25) is 15.1 Å². The lowest BCUT2D eigenvalue weighted by atomic mass is 10.1. The van der Waals surface area contributed by atoms with Crippen molar-refractivity contribution in [2.24, 2.45) is 4.99 Å². The number of aliphatic imine (C=N–C) groups is 1. The molecule has 5 nitrogen and oxygen atoms in total. The molecule has 1 N–H and O–H groups in total. The molecule has 9 heteroatoms. The topological polar surface area (TPSA) is 59.9 Å². The second kappa shape index (κ2) is 10.5. The maximum atomic E-state index is 12.4. The molecule has 1 aliphatic rings. The number of benzene rings is 3. The van der Waals surface area contributed by atoms with Crippen LogP contribution in [0.25, 0.3) is 6.08 Å². The molecule has 4 rings (SSSR count). The van der Waals surface area contributed by atoms with E-state index in [-0.39, 0.29) is 5.91 Å². The van der Waals surface area contributed by atoms with Crippen molar-refractivity contribution in [2.75, 3.05) is 7.11 Å². The lowest BCUT2D eigenvalue weighted by Gasteiger charge is -2.13. The number of nitrogens with zero attached hydrogens (tertiary/aromatic N) is 1. The van der Waals surface area contributed by atoms with Crippen LogP contribution < -0.4 is 14.8 Å². The Balaban J connectivity index is 1.54. The molecule has 1 fully saturated rings. The number of halogens is 3. The minimum absolute atomic E-state index is 0.260. The molecule has 0 bridgehead atoms. The van der Waals surface area contributed by atoms with Crippen LogP contribution in [0.1, 0.15) is 11.1 Å². The molecule has 3 aromatic carbocycles. The Morgan fingerprint density at radius 1 is 1.03 bits per heavy atom. The van der Waals surface area contributed by atoms with Gasteiger partial charge in [-0.15, -0.1) is 0 Å². The highest BCUT2D eigenvalue weighted by molar-refractivity contribution is 8.18. The molecular weight excluding hydrogens is 503 g/mol. The molecule has 0 aliphatic carbocycles. The SMILES string of the molecule is COc1cc(/C=C2\SC(=Nc3ccccc3Cl)NC2=O)cc(Cl)c1OCc1ccc(Cl)cc1. The van der Waals surface area contributed by atoms with Crippen molar-refractivity contribution in [2.45, 2.75) is 6.61 Å². The average Bonchev–Trinajstić information content (AvgIpc) is 3.14. The maximum absolute atomic E-state index is 12.4. The van der Waals surface area contributed by atoms with Gasteiger partial charge in [-0.3, -0.25) is 4.79 Å². The zero-order chi connectivity index (χ0) is 23.4. The van der Waals surface area contributed by atoms with E-state index in [4.69, 9.17) is 44.3 Å². The van der Waals surface area contributed by atoms with E-state index in [2.05, 4.69) is 10.3 Å². The van der Waals surface area contributed by atoms with Crippen molar-refractivity contribution >= 4 is 69.4 Å². The zero-order valence-corrected chi connectivity index (χ0v) is 20.4. The van der Waals surface area contributed by atoms with Crippen LogP contribution in [0.5, 0.6) is 11.5 Å². The molecule has 33 heavy (non-hydrogen) atoms. The van der Waals surface area contributed by atoms with Gasteiger partial charge < -0.3 is 14.8 Å². The van der Waals surface area contributed by atoms with E-state index >= 15 is 0 Å². The summed E-state index contributed by atoms with van der Waals surface area (Å²) >= 11 is 19.8. The lowest BCUT2D eigenvalue weighted by molar-refractivity contribution is -0.115. The van der Waals surface area contributed by atoms with Gasteiger partial charge in [0, 0.05) is 5.02 Å². The highest BCUT2D eigenvalue weighted by atomic mass is 35.5. The third-order valence-corrected chi connectivity index (χ3v) is 6.33. The number of thioether (sulfide) groups is 1. The summed E-state index contributed by atoms with van der Waals surface area (Å²) in [6.07, 6.45) is 1.71. The first-order valence-electron chi connectivity index (χ1n) is 9.72. The van der Waals surface area contributed by atoms with Crippen LogP contribution in [0.15, 0.2) is 70.6 Å². The van der Waals surface area contributed by atoms with Crippen molar-refractivity contribution in [1.82, 2.24) is 5.32 Å². The molecule has 0 atom stereocenters. The summed E-state index contributed by atoms with van der Waals surface area (Å²) in [7, 11) is 1.53. The maximum Gasteiger partial charge on any atom is 0.264 e. The van der Waals surface area contributed by atoms with Gasteiger partial charge in [-0.1, -0.05) is 59.1 Å². The summed E-state index contributed by atoms with van der Waals surface area (Å²) in [6.45, 7) is 0.299. The first-order chi connectivity index (χ1) is 15.9. The number of amides is 1. The van der Waals surface area contributed by atoms with Crippen molar-refractivity contribution < 1.29 is 14.3 Å². The quantitative estimate of drug-likeness (QED) is 0.352. The van der Waals surface area contributed by atoms with Gasteiger partial charge in [0.25, 0.3) is 5.91 Å². The number of hydrogen-bond acceptors (Lipinski definition) is 5. The fourth-order valence-electron chi connectivity index (χ4n) is 2.98. The van der Waals surface area contributed by atoms with Crippen LogP contribution in [-0.4, -0.2) is 18.2 Å². The van der Waals surface area contributed by atoms with Crippen molar-refractivity contribution in [3.63, 3.8) is 0 Å². The molecule has 0 spiro atoms. The van der Waals surface area contributed by atoms with Gasteiger partial charge in [0.2, 0.25) is 0 Å². The molecule has 0 radical (unpaired) electrons. The fraction of sp³-hybridized carbons (Fsp3) is 0.0833. The van der Waals surface area contributed by atoms with E-state index in [0.29, 0.717) is 54.5 Å². The number of amidine groups is 1. The number of hydrogen-bond donors (Lipinski definition) is 1. The largest absolute Gasteiger partial charge is 0.493 e. The molecule has 0 saturated carbocycles. The van der Waals surface area contributed by atoms with Gasteiger partial charge in [0.1, 0.15) is 6.61 Å². The number of carbonyl (C=O) groups is 1. The zero-order valence-electron chi connectivity index (χ0n) is 17.3.